The maximum atomic E-state index is 12.8. The van der Waals surface area contributed by atoms with Gasteiger partial charge in [0.15, 0.2) is 5.11 Å². The van der Waals surface area contributed by atoms with Crippen LogP contribution in [0, 0.1) is 11.7 Å². The second-order valence-electron chi connectivity index (χ2n) is 5.38. The number of benzene rings is 1. The third-order valence-corrected chi connectivity index (χ3v) is 3.84. The summed E-state index contributed by atoms with van der Waals surface area (Å²) in [6.45, 7) is 2.61. The Morgan fingerprint density at radius 1 is 1.26 bits per heavy atom. The van der Waals surface area contributed by atoms with Crippen molar-refractivity contribution in [2.45, 2.75) is 19.8 Å². The van der Waals surface area contributed by atoms with E-state index in [9.17, 15) is 14.0 Å². The molecule has 1 atom stereocenters. The molecule has 1 aromatic rings. The first kappa shape index (κ1) is 17.1. The van der Waals surface area contributed by atoms with Gasteiger partial charge < -0.3 is 10.2 Å². The second kappa shape index (κ2) is 7.87. The number of amides is 2. The summed E-state index contributed by atoms with van der Waals surface area (Å²) in [7, 11) is 0. The van der Waals surface area contributed by atoms with E-state index in [1.807, 2.05) is 0 Å². The van der Waals surface area contributed by atoms with Gasteiger partial charge in [0, 0.05) is 25.7 Å². The first-order valence-corrected chi connectivity index (χ1v) is 7.74. The Morgan fingerprint density at radius 2 is 1.96 bits per heavy atom. The van der Waals surface area contributed by atoms with Gasteiger partial charge in [-0.1, -0.05) is 0 Å². The fourth-order valence-corrected chi connectivity index (χ4v) is 2.56. The molecule has 0 unspecified atom stereocenters. The SMILES string of the molecule is CC(=O)N1CCC[C@@H](C(=O)NNC(=S)Nc2ccc(F)cc2)C1. The van der Waals surface area contributed by atoms with Crippen LogP contribution in [-0.2, 0) is 9.59 Å². The van der Waals surface area contributed by atoms with E-state index in [1.165, 1.54) is 31.2 Å². The van der Waals surface area contributed by atoms with Gasteiger partial charge in [-0.2, -0.15) is 0 Å². The predicted octanol–water partition coefficient (Wildman–Crippen LogP) is 1.40. The lowest BCUT2D eigenvalue weighted by molar-refractivity contribution is -0.134. The number of hydrogen-bond donors (Lipinski definition) is 3. The van der Waals surface area contributed by atoms with Crippen molar-refractivity contribution in [2.24, 2.45) is 5.92 Å². The molecule has 124 valence electrons. The van der Waals surface area contributed by atoms with Gasteiger partial charge in [0.25, 0.3) is 0 Å². The summed E-state index contributed by atoms with van der Waals surface area (Å²) in [5.41, 5.74) is 5.76. The summed E-state index contributed by atoms with van der Waals surface area (Å²) in [6, 6.07) is 5.69. The number of halogens is 1. The Hall–Kier alpha value is -2.22. The zero-order valence-corrected chi connectivity index (χ0v) is 13.6. The van der Waals surface area contributed by atoms with Gasteiger partial charge >= 0.3 is 0 Å². The maximum Gasteiger partial charge on any atom is 0.243 e. The van der Waals surface area contributed by atoms with Crippen LogP contribution in [0.2, 0.25) is 0 Å². The van der Waals surface area contributed by atoms with Crippen molar-refractivity contribution < 1.29 is 14.0 Å². The van der Waals surface area contributed by atoms with Crippen LogP contribution in [-0.4, -0.2) is 34.9 Å². The molecule has 2 amide bonds. The zero-order chi connectivity index (χ0) is 16.8. The molecule has 1 aliphatic heterocycles. The molecule has 6 nitrogen and oxygen atoms in total. The van der Waals surface area contributed by atoms with E-state index < -0.39 is 0 Å². The molecule has 1 aliphatic rings. The molecule has 0 aliphatic carbocycles. The Bertz CT molecular complexity index is 594. The molecule has 1 aromatic carbocycles. The van der Waals surface area contributed by atoms with Crippen LogP contribution in [0.5, 0.6) is 0 Å². The van der Waals surface area contributed by atoms with Crippen LogP contribution in [0.25, 0.3) is 0 Å². The molecular weight excluding hydrogens is 319 g/mol. The zero-order valence-electron chi connectivity index (χ0n) is 12.8. The van der Waals surface area contributed by atoms with E-state index in [-0.39, 0.29) is 28.7 Å². The van der Waals surface area contributed by atoms with E-state index in [4.69, 9.17) is 12.2 Å². The van der Waals surface area contributed by atoms with Crippen molar-refractivity contribution in [1.29, 1.82) is 0 Å². The van der Waals surface area contributed by atoms with Gasteiger partial charge in [-0.3, -0.25) is 20.4 Å². The van der Waals surface area contributed by atoms with E-state index in [0.717, 1.165) is 12.8 Å². The number of carbonyl (C=O) groups excluding carboxylic acids is 2. The number of rotatable bonds is 2. The summed E-state index contributed by atoms with van der Waals surface area (Å²) in [5, 5.41) is 3.03. The van der Waals surface area contributed by atoms with Crippen LogP contribution >= 0.6 is 12.2 Å². The highest BCUT2D eigenvalue weighted by Gasteiger charge is 2.26. The molecule has 0 radical (unpaired) electrons. The summed E-state index contributed by atoms with van der Waals surface area (Å²) in [6.07, 6.45) is 1.53. The minimum atomic E-state index is -0.338. The van der Waals surface area contributed by atoms with Gasteiger partial charge in [0.2, 0.25) is 11.8 Å². The summed E-state index contributed by atoms with van der Waals surface area (Å²) < 4.78 is 12.8. The van der Waals surface area contributed by atoms with Crippen molar-refractivity contribution in [3.63, 3.8) is 0 Å². The van der Waals surface area contributed by atoms with Crippen molar-refractivity contribution in [3.8, 4) is 0 Å². The number of hydrazine groups is 1. The molecule has 3 N–H and O–H groups in total. The Morgan fingerprint density at radius 3 is 2.61 bits per heavy atom. The van der Waals surface area contributed by atoms with Crippen LogP contribution < -0.4 is 16.2 Å². The number of likely N-dealkylation sites (tertiary alicyclic amines) is 1. The van der Waals surface area contributed by atoms with Crippen molar-refractivity contribution >= 4 is 34.8 Å². The average molecular weight is 338 g/mol. The number of piperidine rings is 1. The standard InChI is InChI=1S/C15H19FN4O2S/c1-10(21)20-8-2-3-11(9-20)14(22)18-19-15(23)17-13-6-4-12(16)5-7-13/h4-7,11H,2-3,8-9H2,1H3,(H,18,22)(H2,17,19,23)/t11-/m1/s1. The van der Waals surface area contributed by atoms with Gasteiger partial charge in [-0.25, -0.2) is 4.39 Å². The van der Waals surface area contributed by atoms with E-state index in [1.54, 1.807) is 4.90 Å². The summed E-state index contributed by atoms with van der Waals surface area (Å²) >= 11 is 5.06. The van der Waals surface area contributed by atoms with Gasteiger partial charge in [0.1, 0.15) is 5.82 Å². The lowest BCUT2D eigenvalue weighted by Gasteiger charge is -2.31. The topological polar surface area (TPSA) is 73.5 Å². The molecule has 0 spiro atoms. The van der Waals surface area contributed by atoms with E-state index in [2.05, 4.69) is 16.2 Å². The average Bonchev–Trinajstić information content (AvgIpc) is 2.55. The minimum absolute atomic E-state index is 0.0241. The van der Waals surface area contributed by atoms with Gasteiger partial charge in [-0.15, -0.1) is 0 Å². The molecule has 1 saturated heterocycles. The number of anilines is 1. The highest BCUT2D eigenvalue weighted by Crippen LogP contribution is 2.16. The molecule has 1 heterocycles. The number of nitrogens with one attached hydrogen (secondary N) is 3. The van der Waals surface area contributed by atoms with Crippen molar-refractivity contribution in [3.05, 3.63) is 30.1 Å². The highest BCUT2D eigenvalue weighted by molar-refractivity contribution is 7.80. The second-order valence-corrected chi connectivity index (χ2v) is 5.79. The molecule has 0 saturated carbocycles. The van der Waals surface area contributed by atoms with Crippen molar-refractivity contribution in [1.82, 2.24) is 15.8 Å². The Balaban J connectivity index is 1.78. The molecule has 8 heteroatoms. The van der Waals surface area contributed by atoms with Crippen molar-refractivity contribution in [2.75, 3.05) is 18.4 Å². The largest absolute Gasteiger partial charge is 0.342 e. The van der Waals surface area contributed by atoms with Crippen LogP contribution in [0.3, 0.4) is 0 Å². The molecule has 1 fully saturated rings. The Labute approximate surface area is 139 Å². The minimum Gasteiger partial charge on any atom is -0.342 e. The maximum absolute atomic E-state index is 12.8. The quantitative estimate of drug-likeness (QED) is 0.562. The lowest BCUT2D eigenvalue weighted by atomic mass is 9.97. The fourth-order valence-electron chi connectivity index (χ4n) is 2.39. The van der Waals surface area contributed by atoms with Gasteiger partial charge in [-0.05, 0) is 49.3 Å². The molecule has 0 bridgehead atoms. The normalized spacial score (nSPS) is 17.3. The summed E-state index contributed by atoms with van der Waals surface area (Å²) in [4.78, 5) is 25.2. The van der Waals surface area contributed by atoms with Crippen LogP contribution in [0.4, 0.5) is 10.1 Å². The molecule has 0 aromatic heterocycles. The van der Waals surface area contributed by atoms with E-state index >= 15 is 0 Å². The lowest BCUT2D eigenvalue weighted by Crippen LogP contribution is -2.50. The first-order chi connectivity index (χ1) is 11.0. The predicted molar refractivity (Wildman–Crippen MR) is 88.9 cm³/mol. The van der Waals surface area contributed by atoms with Crippen LogP contribution in [0.15, 0.2) is 24.3 Å². The third kappa shape index (κ3) is 5.17. The first-order valence-electron chi connectivity index (χ1n) is 7.33. The molecular formula is C15H19FN4O2S. The monoisotopic (exact) mass is 338 g/mol. The van der Waals surface area contributed by atoms with Gasteiger partial charge in [0.05, 0.1) is 5.92 Å². The highest BCUT2D eigenvalue weighted by atomic mass is 32.1. The summed E-state index contributed by atoms with van der Waals surface area (Å²) in [5.74, 6) is -0.827. The van der Waals surface area contributed by atoms with Crippen LogP contribution in [0.1, 0.15) is 19.8 Å². The Kier molecular flexibility index (Phi) is 5.86. The number of carbonyl (C=O) groups is 2. The van der Waals surface area contributed by atoms with E-state index in [0.29, 0.717) is 18.8 Å². The number of hydrogen-bond acceptors (Lipinski definition) is 3. The smallest absolute Gasteiger partial charge is 0.243 e. The molecule has 23 heavy (non-hydrogen) atoms. The fraction of sp³-hybridized carbons (Fsp3) is 0.400. The molecule has 2 rings (SSSR count). The third-order valence-electron chi connectivity index (χ3n) is 3.64. The number of thiocarbonyl (C=S) groups is 1. The number of nitrogens with zero attached hydrogens (tertiary/aromatic N) is 1.